The predicted molar refractivity (Wildman–Crippen MR) is 54.4 cm³/mol. The highest BCUT2D eigenvalue weighted by Crippen LogP contribution is 2.23. The van der Waals surface area contributed by atoms with Crippen LogP contribution in [-0.4, -0.2) is 6.21 Å². The molecule has 0 radical (unpaired) electrons. The van der Waals surface area contributed by atoms with Crippen LogP contribution in [0.5, 0.6) is 0 Å². The molecule has 0 N–H and O–H groups in total. The summed E-state index contributed by atoms with van der Waals surface area (Å²) in [5, 5.41) is 0. The van der Waals surface area contributed by atoms with Gasteiger partial charge >= 0.3 is 0 Å². The lowest BCUT2D eigenvalue weighted by molar-refractivity contribution is 0.586. The first-order valence-electron chi connectivity index (χ1n) is 4.64. The van der Waals surface area contributed by atoms with Crippen LogP contribution in [0.3, 0.4) is 0 Å². The van der Waals surface area contributed by atoms with Gasteiger partial charge in [0.2, 0.25) is 0 Å². The first-order valence-corrected chi connectivity index (χ1v) is 4.64. The molecule has 1 heterocycles. The third-order valence-electron chi connectivity index (χ3n) is 2.41. The van der Waals surface area contributed by atoms with Gasteiger partial charge in [0.25, 0.3) is 0 Å². The lowest BCUT2D eigenvalue weighted by atomic mass is 9.89. The van der Waals surface area contributed by atoms with Gasteiger partial charge in [0.15, 0.2) is 0 Å². The van der Waals surface area contributed by atoms with Gasteiger partial charge in [-0.1, -0.05) is 32.9 Å². The lowest BCUT2D eigenvalue weighted by Crippen LogP contribution is -2.12. The Hall–Kier alpha value is -0.850. The molecular formula is C11H17N. The largest absolute Gasteiger partial charge is 0.265 e. The molecule has 1 aliphatic heterocycles. The summed E-state index contributed by atoms with van der Waals surface area (Å²) < 4.78 is 0. The summed E-state index contributed by atoms with van der Waals surface area (Å²) in [5.74, 6) is 0. The van der Waals surface area contributed by atoms with Crippen molar-refractivity contribution in [2.45, 2.75) is 33.6 Å². The molecule has 0 saturated carbocycles. The van der Waals surface area contributed by atoms with E-state index in [-0.39, 0.29) is 5.41 Å². The number of hydrogen-bond acceptors (Lipinski definition) is 1. The quantitative estimate of drug-likeness (QED) is 0.592. The van der Waals surface area contributed by atoms with Crippen molar-refractivity contribution in [2.75, 3.05) is 0 Å². The van der Waals surface area contributed by atoms with E-state index in [1.54, 1.807) is 0 Å². The molecule has 0 saturated heterocycles. The van der Waals surface area contributed by atoms with E-state index in [4.69, 9.17) is 0 Å². The average molecular weight is 163 g/mol. The van der Waals surface area contributed by atoms with E-state index in [0.29, 0.717) is 0 Å². The van der Waals surface area contributed by atoms with Crippen molar-refractivity contribution in [2.24, 2.45) is 10.4 Å². The van der Waals surface area contributed by atoms with Crippen LogP contribution in [0.2, 0.25) is 0 Å². The molecule has 12 heavy (non-hydrogen) atoms. The maximum absolute atomic E-state index is 4.44. The Labute approximate surface area is 74.9 Å². The number of nitrogens with zero attached hydrogens (tertiary/aromatic N) is 1. The molecule has 0 aromatic carbocycles. The van der Waals surface area contributed by atoms with E-state index in [2.05, 4.69) is 50.2 Å². The highest BCUT2D eigenvalue weighted by molar-refractivity contribution is 5.70. The minimum absolute atomic E-state index is 0.160. The van der Waals surface area contributed by atoms with Crippen LogP contribution in [0.15, 0.2) is 28.9 Å². The molecule has 0 bridgehead atoms. The Morgan fingerprint density at radius 1 is 1.42 bits per heavy atom. The smallest absolute Gasteiger partial charge is 0.0397 e. The zero-order valence-electron chi connectivity index (χ0n) is 8.17. The Morgan fingerprint density at radius 3 is 2.75 bits per heavy atom. The van der Waals surface area contributed by atoms with Gasteiger partial charge in [0.05, 0.1) is 0 Å². The zero-order valence-corrected chi connectivity index (χ0v) is 8.17. The average Bonchev–Trinajstić information content (AvgIpc) is 2.28. The van der Waals surface area contributed by atoms with Gasteiger partial charge < -0.3 is 0 Å². The monoisotopic (exact) mass is 163 g/mol. The zero-order chi connectivity index (χ0) is 9.03. The second kappa shape index (κ2) is 3.70. The Kier molecular flexibility index (Phi) is 2.85. The van der Waals surface area contributed by atoms with Crippen LogP contribution in [0.4, 0.5) is 0 Å². The normalized spacial score (nSPS) is 28.4. The van der Waals surface area contributed by atoms with Crippen LogP contribution in [0, 0.1) is 5.41 Å². The molecule has 0 aromatic heterocycles. The summed E-state index contributed by atoms with van der Waals surface area (Å²) in [7, 11) is 0. The third kappa shape index (κ3) is 2.07. The molecule has 1 nitrogen and oxygen atoms in total. The van der Waals surface area contributed by atoms with Gasteiger partial charge in [0, 0.05) is 17.3 Å². The molecule has 1 atom stereocenters. The molecule has 0 aromatic rings. The summed E-state index contributed by atoms with van der Waals surface area (Å²) in [6, 6.07) is 0. The molecule has 66 valence electrons. The van der Waals surface area contributed by atoms with E-state index in [9.17, 15) is 0 Å². The lowest BCUT2D eigenvalue weighted by Gasteiger charge is -2.16. The molecule has 0 aliphatic carbocycles. The van der Waals surface area contributed by atoms with E-state index in [1.165, 1.54) is 5.70 Å². The molecule has 0 spiro atoms. The molecule has 0 amide bonds. The molecule has 1 aliphatic rings. The first kappa shape index (κ1) is 9.24. The second-order valence-electron chi connectivity index (χ2n) is 3.49. The van der Waals surface area contributed by atoms with Crippen LogP contribution >= 0.6 is 0 Å². The van der Waals surface area contributed by atoms with Gasteiger partial charge in [0.1, 0.15) is 0 Å². The van der Waals surface area contributed by atoms with Crippen molar-refractivity contribution in [1.82, 2.24) is 0 Å². The van der Waals surface area contributed by atoms with Crippen LogP contribution in [-0.2, 0) is 0 Å². The van der Waals surface area contributed by atoms with Gasteiger partial charge in [-0.3, -0.25) is 4.99 Å². The molecule has 1 heteroatoms. The highest BCUT2D eigenvalue weighted by Gasteiger charge is 2.15. The molecule has 1 rings (SSSR count). The van der Waals surface area contributed by atoms with Crippen LogP contribution in [0.1, 0.15) is 33.6 Å². The van der Waals surface area contributed by atoms with Crippen molar-refractivity contribution in [3.63, 3.8) is 0 Å². The fraction of sp³-hybridized carbons (Fsp3) is 0.545. The van der Waals surface area contributed by atoms with E-state index in [1.807, 2.05) is 0 Å². The van der Waals surface area contributed by atoms with Crippen molar-refractivity contribution in [1.29, 1.82) is 0 Å². The van der Waals surface area contributed by atoms with Gasteiger partial charge in [-0.25, -0.2) is 0 Å². The maximum atomic E-state index is 4.44. The van der Waals surface area contributed by atoms with Crippen LogP contribution < -0.4 is 0 Å². The highest BCUT2D eigenvalue weighted by atomic mass is 14.7. The SMILES string of the molecule is CCC1=CC=CC(C)(CC)C=N1. The Bertz CT molecular complexity index is 235. The minimum atomic E-state index is 0.160. The molecular weight excluding hydrogens is 146 g/mol. The fourth-order valence-corrected chi connectivity index (χ4v) is 1.11. The second-order valence-corrected chi connectivity index (χ2v) is 3.49. The Balaban J connectivity index is 2.82. The van der Waals surface area contributed by atoms with Gasteiger partial charge in [-0.2, -0.15) is 0 Å². The van der Waals surface area contributed by atoms with E-state index < -0.39 is 0 Å². The summed E-state index contributed by atoms with van der Waals surface area (Å²) in [5.41, 5.74) is 1.33. The standard InChI is InChI=1S/C11H17N/c1-4-10-7-6-8-11(3,5-2)9-12-10/h6-9H,4-5H2,1-3H3. The number of hydrogen-bond donors (Lipinski definition) is 0. The van der Waals surface area contributed by atoms with Crippen molar-refractivity contribution in [3.8, 4) is 0 Å². The van der Waals surface area contributed by atoms with E-state index >= 15 is 0 Å². The predicted octanol–water partition coefficient (Wildman–Crippen LogP) is 3.34. The summed E-state index contributed by atoms with van der Waals surface area (Å²) >= 11 is 0. The number of rotatable bonds is 2. The van der Waals surface area contributed by atoms with Crippen molar-refractivity contribution < 1.29 is 0 Å². The summed E-state index contributed by atoms with van der Waals surface area (Å²) in [4.78, 5) is 4.44. The minimum Gasteiger partial charge on any atom is -0.265 e. The molecule has 0 fully saturated rings. The number of allylic oxidation sites excluding steroid dienone is 4. The van der Waals surface area contributed by atoms with Crippen molar-refractivity contribution >= 4 is 6.21 Å². The summed E-state index contributed by atoms with van der Waals surface area (Å²) in [6.07, 6.45) is 10.6. The van der Waals surface area contributed by atoms with Crippen molar-refractivity contribution in [3.05, 3.63) is 23.9 Å². The van der Waals surface area contributed by atoms with Gasteiger partial charge in [-0.05, 0) is 18.9 Å². The third-order valence-corrected chi connectivity index (χ3v) is 2.41. The maximum Gasteiger partial charge on any atom is 0.0397 e. The fourth-order valence-electron chi connectivity index (χ4n) is 1.11. The topological polar surface area (TPSA) is 12.4 Å². The Morgan fingerprint density at radius 2 is 2.17 bits per heavy atom. The van der Waals surface area contributed by atoms with Crippen LogP contribution in [0.25, 0.3) is 0 Å². The summed E-state index contributed by atoms with van der Waals surface area (Å²) in [6.45, 7) is 6.53. The first-order chi connectivity index (χ1) is 5.70. The van der Waals surface area contributed by atoms with Gasteiger partial charge in [-0.15, -0.1) is 0 Å². The number of aliphatic imine (C=N–C) groups is 1. The van der Waals surface area contributed by atoms with E-state index in [0.717, 1.165) is 12.8 Å². The molecule has 1 unspecified atom stereocenters.